The minimum atomic E-state index is 0.326. The Kier molecular flexibility index (Phi) is 5.86. The minimum Gasteiger partial charge on any atom is -0.489 e. The Morgan fingerprint density at radius 1 is 1.10 bits per heavy atom. The molecule has 1 aromatic carbocycles. The van der Waals surface area contributed by atoms with Gasteiger partial charge in [0.1, 0.15) is 11.9 Å². The maximum Gasteiger partial charge on any atom is 0.119 e. The zero-order chi connectivity index (χ0) is 14.4. The smallest absolute Gasteiger partial charge is 0.119 e. The number of likely N-dealkylation sites (N-methyl/N-ethyl adjacent to an activating group) is 1. The van der Waals surface area contributed by atoms with Gasteiger partial charge in [0, 0.05) is 12.6 Å². The molecule has 20 heavy (non-hydrogen) atoms. The summed E-state index contributed by atoms with van der Waals surface area (Å²) < 4.78 is 6.27. The van der Waals surface area contributed by atoms with Crippen LogP contribution in [0.2, 0.25) is 0 Å². The summed E-state index contributed by atoms with van der Waals surface area (Å²) in [7, 11) is 0. The molecule has 0 aromatic heterocycles. The van der Waals surface area contributed by atoms with Crippen LogP contribution in [0.15, 0.2) is 24.3 Å². The molecule has 0 saturated heterocycles. The lowest BCUT2D eigenvalue weighted by Gasteiger charge is -2.39. The molecule has 3 heteroatoms. The highest BCUT2D eigenvalue weighted by Gasteiger charge is 2.30. The molecule has 112 valence electrons. The SMILES string of the molecule is CCN(CC)C1CCCCC1Oc1ccc(CN)cc1. The van der Waals surface area contributed by atoms with Crippen molar-refractivity contribution in [2.24, 2.45) is 5.73 Å². The third-order valence-electron chi connectivity index (χ3n) is 4.40. The van der Waals surface area contributed by atoms with Crippen molar-refractivity contribution in [3.63, 3.8) is 0 Å². The van der Waals surface area contributed by atoms with Gasteiger partial charge in [0.15, 0.2) is 0 Å². The lowest BCUT2D eigenvalue weighted by atomic mass is 9.91. The summed E-state index contributed by atoms with van der Waals surface area (Å²) in [6.07, 6.45) is 5.36. The fourth-order valence-corrected chi connectivity index (χ4v) is 3.20. The van der Waals surface area contributed by atoms with E-state index in [4.69, 9.17) is 10.5 Å². The maximum atomic E-state index is 6.27. The van der Waals surface area contributed by atoms with Crippen LogP contribution in [-0.4, -0.2) is 30.1 Å². The molecule has 0 amide bonds. The van der Waals surface area contributed by atoms with Crippen molar-refractivity contribution >= 4 is 0 Å². The van der Waals surface area contributed by atoms with Gasteiger partial charge in [-0.2, -0.15) is 0 Å². The molecule has 3 nitrogen and oxygen atoms in total. The molecule has 1 aliphatic carbocycles. The largest absolute Gasteiger partial charge is 0.489 e. The number of benzene rings is 1. The van der Waals surface area contributed by atoms with E-state index in [1.54, 1.807) is 0 Å². The Hall–Kier alpha value is -1.06. The van der Waals surface area contributed by atoms with Gasteiger partial charge < -0.3 is 10.5 Å². The first-order valence-electron chi connectivity index (χ1n) is 7.98. The van der Waals surface area contributed by atoms with E-state index in [0.29, 0.717) is 18.7 Å². The third kappa shape index (κ3) is 3.74. The molecule has 0 heterocycles. The van der Waals surface area contributed by atoms with Crippen molar-refractivity contribution in [1.29, 1.82) is 0 Å². The van der Waals surface area contributed by atoms with Gasteiger partial charge in [0.2, 0.25) is 0 Å². The summed E-state index contributed by atoms with van der Waals surface area (Å²) in [4.78, 5) is 2.54. The number of nitrogens with zero attached hydrogens (tertiary/aromatic N) is 1. The topological polar surface area (TPSA) is 38.5 Å². The van der Waals surface area contributed by atoms with E-state index in [9.17, 15) is 0 Å². The Balaban J connectivity index is 2.03. The monoisotopic (exact) mass is 276 g/mol. The quantitative estimate of drug-likeness (QED) is 0.867. The van der Waals surface area contributed by atoms with Crippen LogP contribution >= 0.6 is 0 Å². The number of hydrogen-bond donors (Lipinski definition) is 1. The second-order valence-electron chi connectivity index (χ2n) is 5.58. The molecule has 0 radical (unpaired) electrons. The number of nitrogens with two attached hydrogens (primary N) is 1. The Labute approximate surface area is 123 Å². The second-order valence-corrected chi connectivity index (χ2v) is 5.58. The Morgan fingerprint density at radius 3 is 2.35 bits per heavy atom. The van der Waals surface area contributed by atoms with Crippen LogP contribution in [0, 0.1) is 0 Å². The highest BCUT2D eigenvalue weighted by atomic mass is 16.5. The molecule has 2 atom stereocenters. The van der Waals surface area contributed by atoms with Crippen molar-refractivity contribution in [3.8, 4) is 5.75 Å². The van der Waals surface area contributed by atoms with E-state index in [1.165, 1.54) is 25.7 Å². The summed E-state index contributed by atoms with van der Waals surface area (Å²) in [5.74, 6) is 0.978. The molecule has 1 aromatic rings. The van der Waals surface area contributed by atoms with E-state index in [-0.39, 0.29) is 0 Å². The van der Waals surface area contributed by atoms with Crippen molar-refractivity contribution in [3.05, 3.63) is 29.8 Å². The fourth-order valence-electron chi connectivity index (χ4n) is 3.20. The average Bonchev–Trinajstić information content (AvgIpc) is 2.51. The molecule has 2 N–H and O–H groups in total. The van der Waals surface area contributed by atoms with Gasteiger partial charge in [-0.15, -0.1) is 0 Å². The molecule has 2 rings (SSSR count). The first-order chi connectivity index (χ1) is 9.78. The van der Waals surface area contributed by atoms with Gasteiger partial charge in [0.25, 0.3) is 0 Å². The van der Waals surface area contributed by atoms with Crippen molar-refractivity contribution in [2.75, 3.05) is 13.1 Å². The Morgan fingerprint density at radius 2 is 1.75 bits per heavy atom. The van der Waals surface area contributed by atoms with Crippen molar-refractivity contribution in [2.45, 2.75) is 58.2 Å². The van der Waals surface area contributed by atoms with Crippen molar-refractivity contribution in [1.82, 2.24) is 4.90 Å². The Bertz CT molecular complexity index is 386. The minimum absolute atomic E-state index is 0.326. The zero-order valence-electron chi connectivity index (χ0n) is 12.8. The van der Waals surface area contributed by atoms with Crippen LogP contribution in [0.3, 0.4) is 0 Å². The zero-order valence-corrected chi connectivity index (χ0v) is 12.8. The second kappa shape index (κ2) is 7.65. The predicted molar refractivity (Wildman–Crippen MR) is 83.9 cm³/mol. The average molecular weight is 276 g/mol. The van der Waals surface area contributed by atoms with Gasteiger partial charge in [0.05, 0.1) is 0 Å². The molecule has 0 spiro atoms. The van der Waals surface area contributed by atoms with Crippen molar-refractivity contribution < 1.29 is 4.74 Å². The van der Waals surface area contributed by atoms with E-state index in [0.717, 1.165) is 24.4 Å². The van der Waals surface area contributed by atoms with E-state index >= 15 is 0 Å². The normalized spacial score (nSPS) is 23.0. The van der Waals surface area contributed by atoms with Gasteiger partial charge >= 0.3 is 0 Å². The van der Waals surface area contributed by atoms with Crippen LogP contribution in [-0.2, 0) is 6.54 Å². The standard InChI is InChI=1S/C17H28N2O/c1-3-19(4-2)16-7-5-6-8-17(16)20-15-11-9-14(13-18)10-12-15/h9-12,16-17H,3-8,13,18H2,1-2H3. The first kappa shape index (κ1) is 15.3. The van der Waals surface area contributed by atoms with Gasteiger partial charge in [-0.05, 0) is 50.0 Å². The van der Waals surface area contributed by atoms with Crippen LogP contribution < -0.4 is 10.5 Å². The first-order valence-corrected chi connectivity index (χ1v) is 7.98. The highest BCUT2D eigenvalue weighted by Crippen LogP contribution is 2.27. The van der Waals surface area contributed by atoms with Crippen LogP contribution in [0.4, 0.5) is 0 Å². The number of rotatable bonds is 6. The van der Waals surface area contributed by atoms with Crippen LogP contribution in [0.5, 0.6) is 5.75 Å². The number of ether oxygens (including phenoxy) is 1. The molecule has 0 bridgehead atoms. The summed E-state index contributed by atoms with van der Waals surface area (Å²) in [5.41, 5.74) is 6.79. The van der Waals surface area contributed by atoms with Gasteiger partial charge in [-0.3, -0.25) is 4.90 Å². The summed E-state index contributed by atoms with van der Waals surface area (Å²) in [5, 5.41) is 0. The van der Waals surface area contributed by atoms with Gasteiger partial charge in [-0.25, -0.2) is 0 Å². The lowest BCUT2D eigenvalue weighted by molar-refractivity contribution is 0.0413. The molecule has 2 unspecified atom stereocenters. The molecule has 1 fully saturated rings. The molecule has 1 aliphatic rings. The summed E-state index contributed by atoms with van der Waals surface area (Å²) in [6, 6.07) is 8.79. The fraction of sp³-hybridized carbons (Fsp3) is 0.647. The lowest BCUT2D eigenvalue weighted by Crippen LogP contribution is -2.47. The van der Waals surface area contributed by atoms with Gasteiger partial charge in [-0.1, -0.05) is 32.4 Å². The maximum absolute atomic E-state index is 6.27. The molecular weight excluding hydrogens is 248 g/mol. The molecular formula is C17H28N2O. The molecule has 0 aliphatic heterocycles. The van der Waals surface area contributed by atoms with E-state index < -0.39 is 0 Å². The highest BCUT2D eigenvalue weighted by molar-refractivity contribution is 5.27. The number of hydrogen-bond acceptors (Lipinski definition) is 3. The van der Waals surface area contributed by atoms with E-state index in [1.807, 2.05) is 0 Å². The van der Waals surface area contributed by atoms with Crippen LogP contribution in [0.1, 0.15) is 45.1 Å². The summed E-state index contributed by atoms with van der Waals surface area (Å²) >= 11 is 0. The van der Waals surface area contributed by atoms with E-state index in [2.05, 4.69) is 43.0 Å². The predicted octanol–water partition coefficient (Wildman–Crippen LogP) is 3.18. The third-order valence-corrected chi connectivity index (χ3v) is 4.40. The summed E-state index contributed by atoms with van der Waals surface area (Å²) in [6.45, 7) is 7.28. The van der Waals surface area contributed by atoms with Crippen LogP contribution in [0.25, 0.3) is 0 Å². The molecule has 1 saturated carbocycles.